The minimum Gasteiger partial charge on any atom is -0.393 e. The van der Waals surface area contributed by atoms with Crippen molar-refractivity contribution in [1.29, 1.82) is 0 Å². The van der Waals surface area contributed by atoms with E-state index in [1.165, 1.54) is 11.1 Å². The number of rotatable bonds is 6. The summed E-state index contributed by atoms with van der Waals surface area (Å²) < 4.78 is 6.36. The average Bonchev–Trinajstić information content (AvgIpc) is 3.17. The van der Waals surface area contributed by atoms with Crippen LogP contribution in [-0.2, 0) is 22.4 Å². The molecule has 4 atom stereocenters. The van der Waals surface area contributed by atoms with Gasteiger partial charge in [0.05, 0.1) is 18.2 Å². The first-order chi connectivity index (χ1) is 13.9. The van der Waals surface area contributed by atoms with Gasteiger partial charge in [-0.15, -0.1) is 0 Å². The highest BCUT2D eigenvalue weighted by molar-refractivity contribution is 5.81. The van der Waals surface area contributed by atoms with Crippen LogP contribution in [0.2, 0.25) is 0 Å². The van der Waals surface area contributed by atoms with Crippen LogP contribution >= 0.6 is 0 Å². The molecular formula is C25H31NO3. The van der Waals surface area contributed by atoms with E-state index in [9.17, 15) is 9.90 Å². The molecule has 0 unspecified atom stereocenters. The Hall–Kier alpha value is -2.17. The molecule has 1 fully saturated rings. The van der Waals surface area contributed by atoms with E-state index >= 15 is 0 Å². The van der Waals surface area contributed by atoms with Gasteiger partial charge in [0, 0.05) is 12.3 Å². The Bertz CT molecular complexity index is 863. The number of benzene rings is 2. The van der Waals surface area contributed by atoms with Crippen molar-refractivity contribution in [2.24, 2.45) is 5.92 Å². The van der Waals surface area contributed by atoms with Crippen molar-refractivity contribution < 1.29 is 14.6 Å². The van der Waals surface area contributed by atoms with Gasteiger partial charge >= 0.3 is 0 Å². The fraction of sp³-hybridized carbons (Fsp3) is 0.480. The molecule has 2 aromatic carbocycles. The molecule has 1 heterocycles. The van der Waals surface area contributed by atoms with Gasteiger partial charge in [0.2, 0.25) is 5.91 Å². The van der Waals surface area contributed by atoms with Crippen molar-refractivity contribution in [2.45, 2.75) is 70.4 Å². The molecule has 154 valence electrons. The molecular weight excluding hydrogens is 362 g/mol. The third-order valence-corrected chi connectivity index (χ3v) is 6.38. The molecule has 29 heavy (non-hydrogen) atoms. The maximum absolute atomic E-state index is 13.9. The van der Waals surface area contributed by atoms with Crippen molar-refractivity contribution in [1.82, 2.24) is 4.90 Å². The number of aliphatic hydroxyl groups is 1. The summed E-state index contributed by atoms with van der Waals surface area (Å²) in [4.78, 5) is 15.9. The van der Waals surface area contributed by atoms with Gasteiger partial charge in [0.25, 0.3) is 0 Å². The van der Waals surface area contributed by atoms with Gasteiger partial charge in [0.15, 0.2) is 0 Å². The lowest BCUT2D eigenvalue weighted by Crippen LogP contribution is -2.48. The van der Waals surface area contributed by atoms with E-state index in [4.69, 9.17) is 4.74 Å². The topological polar surface area (TPSA) is 49.8 Å². The lowest BCUT2D eigenvalue weighted by molar-refractivity contribution is -0.153. The predicted molar refractivity (Wildman–Crippen MR) is 113 cm³/mol. The van der Waals surface area contributed by atoms with Crippen molar-refractivity contribution in [3.8, 4) is 0 Å². The van der Waals surface area contributed by atoms with Gasteiger partial charge in [-0.1, -0.05) is 61.5 Å². The van der Waals surface area contributed by atoms with Crippen molar-refractivity contribution in [3.63, 3.8) is 0 Å². The van der Waals surface area contributed by atoms with Crippen molar-refractivity contribution >= 4 is 5.91 Å². The molecule has 1 amide bonds. The molecule has 4 rings (SSSR count). The maximum Gasteiger partial charge on any atom is 0.228 e. The fourth-order valence-electron chi connectivity index (χ4n) is 4.98. The SMILES string of the molecule is CC[C@@H](O)C[C@@H](Cc1ccccc1)C(=O)N1[C@H]2c3ccccc3C[C@H]2OC1(C)C. The number of nitrogens with zero attached hydrogens (tertiary/aromatic N) is 1. The van der Waals surface area contributed by atoms with E-state index in [-0.39, 0.29) is 24.0 Å². The summed E-state index contributed by atoms with van der Waals surface area (Å²) >= 11 is 0. The smallest absolute Gasteiger partial charge is 0.228 e. The average molecular weight is 394 g/mol. The third kappa shape index (κ3) is 3.84. The van der Waals surface area contributed by atoms with Gasteiger partial charge < -0.3 is 14.7 Å². The molecule has 0 aromatic heterocycles. The normalized spacial score (nSPS) is 24.1. The van der Waals surface area contributed by atoms with E-state index in [0.29, 0.717) is 19.3 Å². The monoisotopic (exact) mass is 393 g/mol. The largest absolute Gasteiger partial charge is 0.393 e. The summed E-state index contributed by atoms with van der Waals surface area (Å²) in [6, 6.07) is 18.4. The predicted octanol–water partition coefficient (Wildman–Crippen LogP) is 4.27. The molecule has 1 aliphatic carbocycles. The summed E-state index contributed by atoms with van der Waals surface area (Å²) in [5, 5.41) is 10.4. The second kappa shape index (κ2) is 7.92. The molecule has 0 radical (unpaired) electrons. The van der Waals surface area contributed by atoms with Gasteiger partial charge in [0.1, 0.15) is 5.72 Å². The van der Waals surface area contributed by atoms with Crippen molar-refractivity contribution in [3.05, 3.63) is 71.3 Å². The minimum absolute atomic E-state index is 0.000163. The highest BCUT2D eigenvalue weighted by atomic mass is 16.5. The highest BCUT2D eigenvalue weighted by Gasteiger charge is 2.54. The minimum atomic E-state index is -0.661. The molecule has 4 heteroatoms. The zero-order chi connectivity index (χ0) is 20.6. The number of amides is 1. The number of carbonyl (C=O) groups is 1. The summed E-state index contributed by atoms with van der Waals surface area (Å²) in [5.74, 6) is -0.197. The zero-order valence-electron chi connectivity index (χ0n) is 17.5. The number of fused-ring (bicyclic) bond motifs is 3. The molecule has 0 spiro atoms. The van der Waals surface area contributed by atoms with E-state index in [1.54, 1.807) is 0 Å². The number of ether oxygens (including phenoxy) is 1. The van der Waals surface area contributed by atoms with Crippen LogP contribution in [0.3, 0.4) is 0 Å². The van der Waals surface area contributed by atoms with Gasteiger partial charge in [-0.05, 0) is 49.8 Å². The van der Waals surface area contributed by atoms with E-state index < -0.39 is 11.8 Å². The molecule has 1 N–H and O–H groups in total. The molecule has 2 aliphatic rings. The Morgan fingerprint density at radius 3 is 2.59 bits per heavy atom. The lowest BCUT2D eigenvalue weighted by atomic mass is 9.90. The first-order valence-electron chi connectivity index (χ1n) is 10.7. The Labute approximate surface area is 173 Å². The van der Waals surface area contributed by atoms with Crippen LogP contribution in [-0.4, -0.2) is 33.8 Å². The fourth-order valence-corrected chi connectivity index (χ4v) is 4.98. The second-order valence-corrected chi connectivity index (χ2v) is 8.84. The zero-order valence-corrected chi connectivity index (χ0v) is 17.5. The Balaban J connectivity index is 1.66. The summed E-state index contributed by atoms with van der Waals surface area (Å²) in [7, 11) is 0. The number of aliphatic hydroxyl groups excluding tert-OH is 1. The Morgan fingerprint density at radius 1 is 1.17 bits per heavy atom. The first kappa shape index (κ1) is 20.1. The van der Waals surface area contributed by atoms with Gasteiger partial charge in [-0.2, -0.15) is 0 Å². The lowest BCUT2D eigenvalue weighted by Gasteiger charge is -2.37. The number of carbonyl (C=O) groups excluding carboxylic acids is 1. The Kier molecular flexibility index (Phi) is 5.50. The van der Waals surface area contributed by atoms with Crippen molar-refractivity contribution in [2.75, 3.05) is 0 Å². The number of hydrogen-bond donors (Lipinski definition) is 1. The van der Waals surface area contributed by atoms with Gasteiger partial charge in [-0.25, -0.2) is 0 Å². The van der Waals surface area contributed by atoms with E-state index in [1.807, 2.05) is 56.0 Å². The second-order valence-electron chi connectivity index (χ2n) is 8.84. The summed E-state index contributed by atoms with van der Waals surface area (Å²) in [6.45, 7) is 5.93. The third-order valence-electron chi connectivity index (χ3n) is 6.38. The summed E-state index contributed by atoms with van der Waals surface area (Å²) in [5.41, 5.74) is 2.93. The van der Waals surface area contributed by atoms with Crippen LogP contribution < -0.4 is 0 Å². The molecule has 4 nitrogen and oxygen atoms in total. The summed E-state index contributed by atoms with van der Waals surface area (Å²) in [6.07, 6.45) is 2.10. The van der Waals surface area contributed by atoms with Crippen LogP contribution in [0.1, 0.15) is 56.3 Å². The highest BCUT2D eigenvalue weighted by Crippen LogP contribution is 2.49. The molecule has 0 saturated carbocycles. The molecule has 1 aliphatic heterocycles. The van der Waals surface area contributed by atoms with Crippen LogP contribution in [0.15, 0.2) is 54.6 Å². The standard InChI is InChI=1S/C25H31NO3/c1-4-20(27)15-19(14-17-10-6-5-7-11-17)24(28)26-23-21-13-9-8-12-18(21)16-22(23)29-25(26,2)3/h5-13,19-20,22-23,27H,4,14-16H2,1-3H3/t19-,20-,22-,23+/m1/s1. The maximum atomic E-state index is 13.9. The molecule has 2 aromatic rings. The van der Waals surface area contributed by atoms with Crippen LogP contribution in [0, 0.1) is 5.92 Å². The van der Waals surface area contributed by atoms with Gasteiger partial charge in [-0.3, -0.25) is 4.79 Å². The number of hydrogen-bond acceptors (Lipinski definition) is 3. The van der Waals surface area contributed by atoms with Crippen LogP contribution in [0.25, 0.3) is 0 Å². The van der Waals surface area contributed by atoms with E-state index in [2.05, 4.69) is 24.3 Å². The quantitative estimate of drug-likeness (QED) is 0.797. The Morgan fingerprint density at radius 2 is 1.86 bits per heavy atom. The molecule has 1 saturated heterocycles. The van der Waals surface area contributed by atoms with Crippen LogP contribution in [0.5, 0.6) is 0 Å². The van der Waals surface area contributed by atoms with Crippen LogP contribution in [0.4, 0.5) is 0 Å². The van der Waals surface area contributed by atoms with E-state index in [0.717, 1.165) is 12.0 Å². The molecule has 0 bridgehead atoms. The first-order valence-corrected chi connectivity index (χ1v) is 10.7.